The van der Waals surface area contributed by atoms with Crippen LogP contribution in [0.5, 0.6) is 0 Å². The van der Waals surface area contributed by atoms with Crippen molar-refractivity contribution < 1.29 is 19.1 Å². The molecule has 1 N–H and O–H groups in total. The first kappa shape index (κ1) is 18.8. The lowest BCUT2D eigenvalue weighted by Gasteiger charge is -2.21. The molecule has 4 heterocycles. The average molecular weight is 397 g/mol. The van der Waals surface area contributed by atoms with Crippen LogP contribution < -0.4 is 5.32 Å². The Morgan fingerprint density at radius 1 is 1.03 bits per heavy atom. The third-order valence-electron chi connectivity index (χ3n) is 6.93. The highest BCUT2D eigenvalue weighted by Gasteiger charge is 2.38. The maximum Gasteiger partial charge on any atom is 0.261 e. The van der Waals surface area contributed by atoms with Crippen molar-refractivity contribution >= 4 is 17.7 Å². The zero-order valence-corrected chi connectivity index (χ0v) is 16.6. The highest BCUT2D eigenvalue weighted by molar-refractivity contribution is 6.22. The van der Waals surface area contributed by atoms with Gasteiger partial charge in [-0.25, -0.2) is 0 Å². The topological polar surface area (TPSA) is 79.0 Å². The maximum atomic E-state index is 13.1. The number of likely N-dealkylation sites (tertiary alicyclic amines) is 1. The van der Waals surface area contributed by atoms with Crippen LogP contribution in [-0.4, -0.2) is 73.0 Å². The molecule has 4 aliphatic heterocycles. The van der Waals surface area contributed by atoms with E-state index in [1.165, 1.54) is 4.90 Å². The van der Waals surface area contributed by atoms with E-state index in [9.17, 15) is 14.4 Å². The van der Waals surface area contributed by atoms with Crippen molar-refractivity contribution in [1.29, 1.82) is 0 Å². The summed E-state index contributed by atoms with van der Waals surface area (Å²) in [4.78, 5) is 41.8. The monoisotopic (exact) mass is 397 g/mol. The summed E-state index contributed by atoms with van der Waals surface area (Å²) in [5, 5.41) is 3.45. The molecule has 1 aromatic carbocycles. The Morgan fingerprint density at radius 3 is 2.45 bits per heavy atom. The fraction of sp³-hybridized carbons (Fsp3) is 0.591. The summed E-state index contributed by atoms with van der Waals surface area (Å²) in [6.45, 7) is 4.55. The van der Waals surface area contributed by atoms with Crippen molar-refractivity contribution in [3.8, 4) is 0 Å². The Bertz CT molecular complexity index is 834. The Morgan fingerprint density at radius 2 is 1.76 bits per heavy atom. The number of nitrogens with one attached hydrogen (secondary N) is 1. The van der Waals surface area contributed by atoms with Gasteiger partial charge in [0.25, 0.3) is 17.7 Å². The van der Waals surface area contributed by atoms with E-state index in [0.29, 0.717) is 41.7 Å². The van der Waals surface area contributed by atoms with E-state index in [4.69, 9.17) is 4.74 Å². The molecule has 7 heteroatoms. The Labute approximate surface area is 170 Å². The molecule has 0 aliphatic carbocycles. The standard InChI is InChI=1S/C22H27N3O4/c26-20(24-7-5-15-11-23-12-16(15)6-8-24)14-3-4-18-19(10-14)22(28)25(21(18)27)13-17-2-1-9-29-17/h3-4,10,15-17,23H,1-2,5-9,11-13H2/t15-,16+,17?. The van der Waals surface area contributed by atoms with Gasteiger partial charge in [-0.15, -0.1) is 0 Å². The van der Waals surface area contributed by atoms with Gasteiger partial charge >= 0.3 is 0 Å². The number of benzene rings is 1. The number of hydrogen-bond acceptors (Lipinski definition) is 5. The van der Waals surface area contributed by atoms with Gasteiger partial charge in [0.15, 0.2) is 0 Å². The zero-order chi connectivity index (χ0) is 20.0. The van der Waals surface area contributed by atoms with Gasteiger partial charge in [-0.2, -0.15) is 0 Å². The van der Waals surface area contributed by atoms with Crippen LogP contribution in [0.1, 0.15) is 56.8 Å². The third-order valence-corrected chi connectivity index (χ3v) is 6.93. The number of fused-ring (bicyclic) bond motifs is 2. The summed E-state index contributed by atoms with van der Waals surface area (Å²) in [5.74, 6) is 0.663. The molecule has 154 valence electrons. The first-order valence-corrected chi connectivity index (χ1v) is 10.7. The lowest BCUT2D eigenvalue weighted by Crippen LogP contribution is -2.36. The van der Waals surface area contributed by atoms with Crippen molar-refractivity contribution in [2.24, 2.45) is 11.8 Å². The quantitative estimate of drug-likeness (QED) is 0.783. The molecule has 7 nitrogen and oxygen atoms in total. The van der Waals surface area contributed by atoms with E-state index in [1.807, 2.05) is 4.90 Å². The minimum atomic E-state index is -0.313. The first-order valence-electron chi connectivity index (χ1n) is 10.7. The van der Waals surface area contributed by atoms with Crippen molar-refractivity contribution in [3.05, 3.63) is 34.9 Å². The second kappa shape index (κ2) is 7.54. The van der Waals surface area contributed by atoms with Gasteiger partial charge in [-0.1, -0.05) is 0 Å². The lowest BCUT2D eigenvalue weighted by molar-refractivity contribution is 0.0475. The van der Waals surface area contributed by atoms with Crippen LogP contribution in [-0.2, 0) is 4.74 Å². The second-order valence-electron chi connectivity index (χ2n) is 8.66. The van der Waals surface area contributed by atoms with Crippen LogP contribution in [0, 0.1) is 11.8 Å². The van der Waals surface area contributed by atoms with Gasteiger partial charge < -0.3 is 15.0 Å². The zero-order valence-electron chi connectivity index (χ0n) is 16.6. The number of carbonyl (C=O) groups is 3. The molecule has 3 fully saturated rings. The largest absolute Gasteiger partial charge is 0.376 e. The Kier molecular flexibility index (Phi) is 4.87. The first-order chi connectivity index (χ1) is 14.1. The summed E-state index contributed by atoms with van der Waals surface area (Å²) in [5.41, 5.74) is 1.23. The average Bonchev–Trinajstić information content (AvgIpc) is 3.43. The van der Waals surface area contributed by atoms with Crippen LogP contribution >= 0.6 is 0 Å². The van der Waals surface area contributed by atoms with Crippen molar-refractivity contribution in [2.45, 2.75) is 31.8 Å². The van der Waals surface area contributed by atoms with E-state index in [1.54, 1.807) is 18.2 Å². The number of rotatable bonds is 3. The van der Waals surface area contributed by atoms with Gasteiger partial charge in [0.1, 0.15) is 0 Å². The number of hydrogen-bond donors (Lipinski definition) is 1. The van der Waals surface area contributed by atoms with E-state index < -0.39 is 0 Å². The number of amides is 3. The molecule has 3 amide bonds. The van der Waals surface area contributed by atoms with Gasteiger partial charge in [0.2, 0.25) is 0 Å². The smallest absolute Gasteiger partial charge is 0.261 e. The molecule has 1 unspecified atom stereocenters. The van der Waals surface area contributed by atoms with Crippen LogP contribution in [0.3, 0.4) is 0 Å². The minimum Gasteiger partial charge on any atom is -0.376 e. The van der Waals surface area contributed by atoms with Gasteiger partial charge in [0.05, 0.1) is 23.8 Å². The third kappa shape index (κ3) is 3.36. The van der Waals surface area contributed by atoms with Gasteiger partial charge in [0, 0.05) is 25.3 Å². The number of carbonyl (C=O) groups excluding carboxylic acids is 3. The van der Waals surface area contributed by atoms with Gasteiger partial charge in [-0.05, 0) is 68.8 Å². The van der Waals surface area contributed by atoms with E-state index in [0.717, 1.165) is 51.9 Å². The van der Waals surface area contributed by atoms with Crippen molar-refractivity contribution in [2.75, 3.05) is 39.3 Å². The van der Waals surface area contributed by atoms with Crippen LogP contribution in [0.25, 0.3) is 0 Å². The molecule has 0 radical (unpaired) electrons. The molecule has 3 atom stereocenters. The normalized spacial score (nSPS) is 29.2. The molecule has 0 aromatic heterocycles. The Balaban J connectivity index is 1.32. The SMILES string of the molecule is O=C(c1ccc2c(c1)C(=O)N(CC1CCCO1)C2=O)N1CC[C@@H]2CNC[C@@H]2CC1. The molecule has 0 bridgehead atoms. The van der Waals surface area contributed by atoms with Crippen molar-refractivity contribution in [3.63, 3.8) is 0 Å². The molecular weight excluding hydrogens is 370 g/mol. The molecule has 29 heavy (non-hydrogen) atoms. The molecular formula is C22H27N3O4. The summed E-state index contributed by atoms with van der Waals surface area (Å²) in [6.07, 6.45) is 3.77. The van der Waals surface area contributed by atoms with Crippen LogP contribution in [0.15, 0.2) is 18.2 Å². The number of nitrogens with zero attached hydrogens (tertiary/aromatic N) is 2. The molecule has 0 saturated carbocycles. The van der Waals surface area contributed by atoms with Crippen molar-refractivity contribution in [1.82, 2.24) is 15.1 Å². The number of imide groups is 1. The predicted molar refractivity (Wildman–Crippen MR) is 106 cm³/mol. The Hall–Kier alpha value is -2.25. The van der Waals surface area contributed by atoms with E-state index in [-0.39, 0.29) is 23.8 Å². The number of ether oxygens (including phenoxy) is 1. The fourth-order valence-electron chi connectivity index (χ4n) is 5.19. The minimum absolute atomic E-state index is 0.0430. The molecule has 3 saturated heterocycles. The molecule has 0 spiro atoms. The molecule has 4 aliphatic rings. The predicted octanol–water partition coefficient (Wildman–Crippen LogP) is 1.53. The summed E-state index contributed by atoms with van der Waals surface area (Å²) >= 11 is 0. The molecule has 5 rings (SSSR count). The van der Waals surface area contributed by atoms with E-state index in [2.05, 4.69) is 5.32 Å². The highest BCUT2D eigenvalue weighted by atomic mass is 16.5. The maximum absolute atomic E-state index is 13.1. The summed E-state index contributed by atoms with van der Waals surface area (Å²) < 4.78 is 5.58. The fourth-order valence-corrected chi connectivity index (χ4v) is 5.19. The second-order valence-corrected chi connectivity index (χ2v) is 8.66. The van der Waals surface area contributed by atoms with Crippen LogP contribution in [0.2, 0.25) is 0 Å². The summed E-state index contributed by atoms with van der Waals surface area (Å²) in [7, 11) is 0. The highest BCUT2D eigenvalue weighted by Crippen LogP contribution is 2.29. The van der Waals surface area contributed by atoms with Gasteiger partial charge in [-0.3, -0.25) is 19.3 Å². The van der Waals surface area contributed by atoms with Crippen LogP contribution in [0.4, 0.5) is 0 Å². The molecule has 1 aromatic rings. The lowest BCUT2D eigenvalue weighted by atomic mass is 9.92. The summed E-state index contributed by atoms with van der Waals surface area (Å²) in [6, 6.07) is 4.94. The van der Waals surface area contributed by atoms with E-state index >= 15 is 0 Å².